The van der Waals surface area contributed by atoms with Crippen LogP contribution in [0.3, 0.4) is 0 Å². The summed E-state index contributed by atoms with van der Waals surface area (Å²) in [6.07, 6.45) is 2.20. The van der Waals surface area contributed by atoms with E-state index in [9.17, 15) is 4.79 Å². The average molecular weight is 232 g/mol. The van der Waals surface area contributed by atoms with Crippen LogP contribution in [0.25, 0.3) is 11.0 Å². The van der Waals surface area contributed by atoms with Gasteiger partial charge in [-0.15, -0.1) is 0 Å². The predicted octanol–water partition coefficient (Wildman–Crippen LogP) is 2.46. The van der Waals surface area contributed by atoms with Crippen molar-refractivity contribution in [1.29, 1.82) is 0 Å². The quantitative estimate of drug-likeness (QED) is 0.851. The van der Waals surface area contributed by atoms with Crippen molar-refractivity contribution in [3.05, 3.63) is 30.1 Å². The van der Waals surface area contributed by atoms with Crippen molar-refractivity contribution in [3.8, 4) is 0 Å². The Morgan fingerprint density at radius 3 is 2.88 bits per heavy atom. The molecule has 1 heterocycles. The predicted molar refractivity (Wildman–Crippen MR) is 65.8 cm³/mol. The molecule has 0 saturated heterocycles. The van der Waals surface area contributed by atoms with Crippen molar-refractivity contribution in [2.75, 3.05) is 0 Å². The lowest BCUT2D eigenvalue weighted by Gasteiger charge is -2.15. The first-order valence-electron chi connectivity index (χ1n) is 5.72. The minimum Gasteiger partial charge on any atom is -0.481 e. The lowest BCUT2D eigenvalue weighted by molar-refractivity contribution is -0.143. The fraction of sp³-hybridized carbons (Fsp3) is 0.385. The van der Waals surface area contributed by atoms with Crippen LogP contribution in [-0.2, 0) is 11.2 Å². The molecule has 90 valence electrons. The molecule has 0 radical (unpaired) electrons. The molecule has 2 rings (SSSR count). The number of aromatic nitrogens is 2. The fourth-order valence-corrected chi connectivity index (χ4v) is 1.97. The Morgan fingerprint density at radius 1 is 1.47 bits per heavy atom. The highest BCUT2D eigenvalue weighted by atomic mass is 16.4. The highest BCUT2D eigenvalue weighted by Gasteiger charge is 2.21. The highest BCUT2D eigenvalue weighted by molar-refractivity contribution is 5.75. The van der Waals surface area contributed by atoms with E-state index in [4.69, 9.17) is 5.11 Å². The first-order chi connectivity index (χ1) is 8.08. The van der Waals surface area contributed by atoms with Crippen molar-refractivity contribution in [2.45, 2.75) is 20.3 Å². The first-order valence-corrected chi connectivity index (χ1v) is 5.72. The van der Waals surface area contributed by atoms with Crippen molar-refractivity contribution in [1.82, 2.24) is 9.97 Å². The van der Waals surface area contributed by atoms with Crippen molar-refractivity contribution >= 4 is 17.0 Å². The number of benzene rings is 1. The van der Waals surface area contributed by atoms with E-state index in [1.807, 2.05) is 32.0 Å². The van der Waals surface area contributed by atoms with Crippen LogP contribution in [0.1, 0.15) is 19.4 Å². The molecule has 0 saturated carbocycles. The molecule has 1 aromatic heterocycles. The summed E-state index contributed by atoms with van der Waals surface area (Å²) in [6, 6.07) is 5.84. The normalized spacial score (nSPS) is 13.1. The minimum atomic E-state index is -0.732. The lowest BCUT2D eigenvalue weighted by Crippen LogP contribution is -2.22. The van der Waals surface area contributed by atoms with Gasteiger partial charge in [0.05, 0.1) is 23.3 Å². The molecule has 4 nitrogen and oxygen atoms in total. The van der Waals surface area contributed by atoms with Gasteiger partial charge in [-0.25, -0.2) is 4.98 Å². The number of hydrogen-bond donors (Lipinski definition) is 2. The van der Waals surface area contributed by atoms with E-state index in [1.165, 1.54) is 0 Å². The van der Waals surface area contributed by atoms with E-state index >= 15 is 0 Å². The van der Waals surface area contributed by atoms with E-state index in [2.05, 4.69) is 9.97 Å². The van der Waals surface area contributed by atoms with Crippen LogP contribution in [0.2, 0.25) is 0 Å². The van der Waals surface area contributed by atoms with E-state index in [1.54, 1.807) is 6.33 Å². The lowest BCUT2D eigenvalue weighted by atomic mass is 9.89. The molecule has 0 bridgehead atoms. The molecule has 1 unspecified atom stereocenters. The standard InChI is InChI=1S/C13H16N2O2/c1-8(2)10(13(16)17)5-9-3-4-11-12(6-9)15-7-14-11/h3-4,6-8,10H,5H2,1-2H3,(H,14,15)(H,16,17). The summed E-state index contributed by atoms with van der Waals surface area (Å²) < 4.78 is 0. The molecule has 0 aliphatic carbocycles. The Morgan fingerprint density at radius 2 is 2.24 bits per heavy atom. The summed E-state index contributed by atoms with van der Waals surface area (Å²) in [5.41, 5.74) is 2.89. The number of nitrogens with zero attached hydrogens (tertiary/aromatic N) is 1. The summed E-state index contributed by atoms with van der Waals surface area (Å²) in [6.45, 7) is 3.88. The number of carboxylic acids is 1. The van der Waals surface area contributed by atoms with Crippen molar-refractivity contribution < 1.29 is 9.90 Å². The van der Waals surface area contributed by atoms with Crippen molar-refractivity contribution in [3.63, 3.8) is 0 Å². The van der Waals surface area contributed by atoms with Gasteiger partial charge in [-0.05, 0) is 30.0 Å². The Bertz CT molecular complexity index is 531. The molecular formula is C13H16N2O2. The van der Waals surface area contributed by atoms with E-state index in [0.717, 1.165) is 16.6 Å². The maximum atomic E-state index is 11.1. The van der Waals surface area contributed by atoms with Gasteiger partial charge in [0.1, 0.15) is 0 Å². The number of imidazole rings is 1. The molecule has 1 atom stereocenters. The molecule has 0 aliphatic rings. The molecule has 17 heavy (non-hydrogen) atoms. The van der Waals surface area contributed by atoms with Gasteiger partial charge in [0.15, 0.2) is 0 Å². The van der Waals surface area contributed by atoms with Gasteiger partial charge in [0.25, 0.3) is 0 Å². The largest absolute Gasteiger partial charge is 0.481 e. The maximum Gasteiger partial charge on any atom is 0.307 e. The van der Waals surface area contributed by atoms with Crippen LogP contribution in [0.4, 0.5) is 0 Å². The van der Waals surface area contributed by atoms with E-state index in [-0.39, 0.29) is 11.8 Å². The Hall–Kier alpha value is -1.84. The van der Waals surface area contributed by atoms with Gasteiger partial charge >= 0.3 is 5.97 Å². The van der Waals surface area contributed by atoms with E-state index in [0.29, 0.717) is 6.42 Å². The molecule has 2 aromatic rings. The fourth-order valence-electron chi connectivity index (χ4n) is 1.97. The highest BCUT2D eigenvalue weighted by Crippen LogP contribution is 2.20. The van der Waals surface area contributed by atoms with Gasteiger partial charge in [0, 0.05) is 0 Å². The van der Waals surface area contributed by atoms with Gasteiger partial charge in [-0.3, -0.25) is 4.79 Å². The average Bonchev–Trinajstić information content (AvgIpc) is 2.71. The Labute approximate surface area is 99.7 Å². The van der Waals surface area contributed by atoms with Crippen LogP contribution in [0.5, 0.6) is 0 Å². The third-order valence-electron chi connectivity index (χ3n) is 3.06. The third kappa shape index (κ3) is 2.46. The zero-order valence-electron chi connectivity index (χ0n) is 9.97. The first kappa shape index (κ1) is 11.6. The molecule has 0 fully saturated rings. The smallest absolute Gasteiger partial charge is 0.307 e. The van der Waals surface area contributed by atoms with E-state index < -0.39 is 5.97 Å². The second kappa shape index (κ2) is 4.57. The summed E-state index contributed by atoms with van der Waals surface area (Å²) in [5, 5.41) is 9.16. The third-order valence-corrected chi connectivity index (χ3v) is 3.06. The molecule has 0 spiro atoms. The second-order valence-corrected chi connectivity index (χ2v) is 4.65. The molecule has 0 amide bonds. The summed E-state index contributed by atoms with van der Waals surface area (Å²) >= 11 is 0. The number of rotatable bonds is 4. The number of carbonyl (C=O) groups is 1. The molecule has 1 aromatic carbocycles. The molecule has 0 aliphatic heterocycles. The zero-order chi connectivity index (χ0) is 12.4. The van der Waals surface area contributed by atoms with Crippen LogP contribution in [-0.4, -0.2) is 21.0 Å². The number of nitrogens with one attached hydrogen (secondary N) is 1. The minimum absolute atomic E-state index is 0.130. The van der Waals surface area contributed by atoms with Crippen LogP contribution in [0.15, 0.2) is 24.5 Å². The van der Waals surface area contributed by atoms with Crippen LogP contribution < -0.4 is 0 Å². The van der Waals surface area contributed by atoms with Crippen molar-refractivity contribution in [2.24, 2.45) is 11.8 Å². The number of carboxylic acid groups (broad SMARTS) is 1. The van der Waals surface area contributed by atoms with Gasteiger partial charge in [0.2, 0.25) is 0 Å². The summed E-state index contributed by atoms with van der Waals surface area (Å²) in [4.78, 5) is 18.3. The number of aromatic amines is 1. The van der Waals surface area contributed by atoms with Crippen LogP contribution >= 0.6 is 0 Å². The second-order valence-electron chi connectivity index (χ2n) is 4.65. The molecule has 2 N–H and O–H groups in total. The molecular weight excluding hydrogens is 216 g/mol. The summed E-state index contributed by atoms with van der Waals surface area (Å²) in [7, 11) is 0. The number of aliphatic carboxylic acids is 1. The van der Waals surface area contributed by atoms with Gasteiger partial charge < -0.3 is 10.1 Å². The Kier molecular flexibility index (Phi) is 3.13. The SMILES string of the molecule is CC(C)C(Cc1ccc2nc[nH]c2c1)C(=O)O. The monoisotopic (exact) mass is 232 g/mol. The van der Waals surface area contributed by atoms with Gasteiger partial charge in [-0.1, -0.05) is 19.9 Å². The number of hydrogen-bond acceptors (Lipinski definition) is 2. The maximum absolute atomic E-state index is 11.1. The van der Waals surface area contributed by atoms with Crippen LogP contribution in [0, 0.1) is 11.8 Å². The number of fused-ring (bicyclic) bond motifs is 1. The van der Waals surface area contributed by atoms with Gasteiger partial charge in [-0.2, -0.15) is 0 Å². The summed E-state index contributed by atoms with van der Waals surface area (Å²) in [5.74, 6) is -0.940. The Balaban J connectivity index is 2.24. The number of H-pyrrole nitrogens is 1. The topological polar surface area (TPSA) is 66.0 Å². The zero-order valence-corrected chi connectivity index (χ0v) is 9.97. The molecule has 4 heteroatoms.